The second kappa shape index (κ2) is 7.29. The molecule has 2 N–H and O–H groups in total. The van der Waals surface area contributed by atoms with Crippen molar-refractivity contribution in [1.29, 1.82) is 0 Å². The maximum atomic E-state index is 12.2. The van der Waals surface area contributed by atoms with E-state index >= 15 is 0 Å². The Bertz CT molecular complexity index is 623. The number of benzene rings is 1. The van der Waals surface area contributed by atoms with Crippen molar-refractivity contribution in [3.05, 3.63) is 47.1 Å². The predicted octanol–water partition coefficient (Wildman–Crippen LogP) is 2.50. The van der Waals surface area contributed by atoms with Crippen molar-refractivity contribution in [3.63, 3.8) is 0 Å². The molecule has 1 aromatic carbocycles. The molecule has 1 aromatic heterocycles. The van der Waals surface area contributed by atoms with Crippen LogP contribution in [0.25, 0.3) is 0 Å². The smallest absolute Gasteiger partial charge is 0.320 e. The third-order valence-electron chi connectivity index (χ3n) is 3.19. The van der Waals surface area contributed by atoms with Gasteiger partial charge in [-0.15, -0.1) is 0 Å². The highest BCUT2D eigenvalue weighted by Crippen LogP contribution is 2.17. The maximum absolute atomic E-state index is 12.2. The zero-order chi connectivity index (χ0) is 16.1. The van der Waals surface area contributed by atoms with E-state index in [9.17, 15) is 4.79 Å². The number of nitrogens with zero attached hydrogens (tertiary/aromatic N) is 3. The highest BCUT2D eigenvalue weighted by molar-refractivity contribution is 6.30. The van der Waals surface area contributed by atoms with E-state index < -0.39 is 0 Å². The second-order valence-electron chi connectivity index (χ2n) is 5.30. The van der Waals surface area contributed by atoms with Crippen LogP contribution in [-0.2, 0) is 7.05 Å². The summed E-state index contributed by atoms with van der Waals surface area (Å²) in [5.74, 6) is 0.636. The number of likely N-dealkylation sites (N-methyl/N-ethyl adjacent to an activating group) is 1. The molecule has 1 unspecified atom stereocenters. The van der Waals surface area contributed by atoms with Crippen LogP contribution in [0.5, 0.6) is 0 Å². The second-order valence-corrected chi connectivity index (χ2v) is 5.74. The molecule has 0 saturated carbocycles. The molecule has 7 heteroatoms. The van der Waals surface area contributed by atoms with Crippen molar-refractivity contribution in [2.24, 2.45) is 7.05 Å². The molecule has 0 bridgehead atoms. The van der Waals surface area contributed by atoms with Crippen molar-refractivity contribution in [1.82, 2.24) is 20.0 Å². The minimum absolute atomic E-state index is 0.138. The van der Waals surface area contributed by atoms with E-state index in [0.717, 1.165) is 5.56 Å². The number of rotatable bonds is 5. The Morgan fingerprint density at radius 3 is 2.55 bits per heavy atom. The van der Waals surface area contributed by atoms with Crippen molar-refractivity contribution in [2.75, 3.05) is 26.0 Å². The van der Waals surface area contributed by atoms with Gasteiger partial charge in [-0.3, -0.25) is 10.00 Å². The Balaban J connectivity index is 2.07. The lowest BCUT2D eigenvalue weighted by atomic mass is 10.1. The Kier molecular flexibility index (Phi) is 5.41. The van der Waals surface area contributed by atoms with E-state index in [4.69, 9.17) is 11.6 Å². The molecular weight excluding hydrogens is 302 g/mol. The van der Waals surface area contributed by atoms with Gasteiger partial charge in [0.05, 0.1) is 12.2 Å². The minimum atomic E-state index is -0.273. The van der Waals surface area contributed by atoms with Crippen LogP contribution in [0, 0.1) is 0 Å². The number of carbonyl (C=O) groups is 1. The van der Waals surface area contributed by atoms with E-state index in [1.54, 1.807) is 24.0 Å². The maximum Gasteiger partial charge on any atom is 0.320 e. The highest BCUT2D eigenvalue weighted by atomic mass is 35.5. The summed E-state index contributed by atoms with van der Waals surface area (Å²) < 4.78 is 1.60. The van der Waals surface area contributed by atoms with Crippen LogP contribution in [-0.4, -0.2) is 41.4 Å². The van der Waals surface area contributed by atoms with E-state index in [-0.39, 0.29) is 12.1 Å². The van der Waals surface area contributed by atoms with Crippen LogP contribution in [0.15, 0.2) is 36.5 Å². The van der Waals surface area contributed by atoms with Crippen molar-refractivity contribution < 1.29 is 4.79 Å². The summed E-state index contributed by atoms with van der Waals surface area (Å²) in [6.45, 7) is 0.681. The van der Waals surface area contributed by atoms with Crippen LogP contribution in [0.2, 0.25) is 5.02 Å². The molecule has 6 nitrogen and oxygen atoms in total. The van der Waals surface area contributed by atoms with Gasteiger partial charge in [0.15, 0.2) is 0 Å². The topological polar surface area (TPSA) is 62.2 Å². The highest BCUT2D eigenvalue weighted by Gasteiger charge is 2.16. The number of nitrogens with one attached hydrogen (secondary N) is 2. The summed E-state index contributed by atoms with van der Waals surface area (Å²) in [5, 5.41) is 10.4. The van der Waals surface area contributed by atoms with Gasteiger partial charge in [-0.25, -0.2) is 4.79 Å². The SMILES string of the molecule is CN(C)CC(NC(=O)Nc1ccnn1C)c1ccc(Cl)cc1. The molecule has 1 atom stereocenters. The van der Waals surface area contributed by atoms with Crippen molar-refractivity contribution >= 4 is 23.4 Å². The average molecular weight is 322 g/mol. The molecule has 0 saturated heterocycles. The Labute approximate surface area is 135 Å². The molecule has 118 valence electrons. The molecular formula is C15H20ClN5O. The van der Waals surface area contributed by atoms with E-state index in [0.29, 0.717) is 17.4 Å². The van der Waals surface area contributed by atoms with Gasteiger partial charge in [-0.05, 0) is 31.8 Å². The largest absolute Gasteiger partial charge is 0.330 e. The van der Waals surface area contributed by atoms with E-state index in [2.05, 4.69) is 15.7 Å². The van der Waals surface area contributed by atoms with Crippen LogP contribution >= 0.6 is 11.6 Å². The fourth-order valence-electron chi connectivity index (χ4n) is 2.10. The molecule has 0 fully saturated rings. The van der Waals surface area contributed by atoms with Crippen LogP contribution < -0.4 is 10.6 Å². The summed E-state index contributed by atoms with van der Waals surface area (Å²) in [7, 11) is 5.69. The van der Waals surface area contributed by atoms with E-state index in [1.807, 2.05) is 43.3 Å². The molecule has 2 rings (SSSR count). The number of anilines is 1. The van der Waals surface area contributed by atoms with Gasteiger partial charge < -0.3 is 10.2 Å². The fraction of sp³-hybridized carbons (Fsp3) is 0.333. The molecule has 0 spiro atoms. The molecule has 2 aromatic rings. The Morgan fingerprint density at radius 1 is 1.32 bits per heavy atom. The summed E-state index contributed by atoms with van der Waals surface area (Å²) >= 11 is 5.92. The number of carbonyl (C=O) groups excluding carboxylic acids is 1. The van der Waals surface area contributed by atoms with Crippen LogP contribution in [0.4, 0.5) is 10.6 Å². The molecule has 1 heterocycles. The number of aromatic nitrogens is 2. The lowest BCUT2D eigenvalue weighted by molar-refractivity contribution is 0.244. The van der Waals surface area contributed by atoms with Crippen molar-refractivity contribution in [3.8, 4) is 0 Å². The summed E-state index contributed by atoms with van der Waals surface area (Å²) in [5.41, 5.74) is 0.998. The number of hydrogen-bond donors (Lipinski definition) is 2. The van der Waals surface area contributed by atoms with Crippen LogP contribution in [0.3, 0.4) is 0 Å². The van der Waals surface area contributed by atoms with Gasteiger partial charge in [0, 0.05) is 24.7 Å². The molecule has 0 aliphatic rings. The average Bonchev–Trinajstić information content (AvgIpc) is 2.84. The zero-order valence-corrected chi connectivity index (χ0v) is 13.6. The Morgan fingerprint density at radius 2 is 2.00 bits per heavy atom. The van der Waals surface area contributed by atoms with Crippen LogP contribution in [0.1, 0.15) is 11.6 Å². The first-order chi connectivity index (χ1) is 10.5. The number of halogens is 1. The molecule has 0 aliphatic heterocycles. The van der Waals surface area contributed by atoms with Gasteiger partial charge in [0.25, 0.3) is 0 Å². The summed E-state index contributed by atoms with van der Waals surface area (Å²) in [6, 6.07) is 8.80. The zero-order valence-electron chi connectivity index (χ0n) is 12.9. The first-order valence-corrected chi connectivity index (χ1v) is 7.29. The lowest BCUT2D eigenvalue weighted by Crippen LogP contribution is -2.38. The number of aryl methyl sites for hydroxylation is 1. The number of urea groups is 1. The molecule has 2 amide bonds. The minimum Gasteiger partial charge on any atom is -0.330 e. The van der Waals surface area contributed by atoms with Crippen molar-refractivity contribution in [2.45, 2.75) is 6.04 Å². The fourth-order valence-corrected chi connectivity index (χ4v) is 2.23. The van der Waals surface area contributed by atoms with Gasteiger partial charge in [0.1, 0.15) is 5.82 Å². The summed E-state index contributed by atoms with van der Waals surface area (Å²) in [6.07, 6.45) is 1.63. The van der Waals surface area contributed by atoms with Gasteiger partial charge in [-0.2, -0.15) is 5.10 Å². The first kappa shape index (κ1) is 16.3. The monoisotopic (exact) mass is 321 g/mol. The standard InChI is InChI=1S/C15H20ClN5O/c1-20(2)10-13(11-4-6-12(16)7-5-11)18-15(22)19-14-8-9-17-21(14)3/h4-9,13H,10H2,1-3H3,(H2,18,19,22). The number of amides is 2. The van der Waals surface area contributed by atoms with E-state index in [1.165, 1.54) is 0 Å². The normalized spacial score (nSPS) is 12.2. The molecule has 0 aliphatic carbocycles. The summed E-state index contributed by atoms with van der Waals surface area (Å²) in [4.78, 5) is 14.2. The quantitative estimate of drug-likeness (QED) is 0.889. The van der Waals surface area contributed by atoms with Gasteiger partial charge >= 0.3 is 6.03 Å². The van der Waals surface area contributed by atoms with Gasteiger partial charge in [0.2, 0.25) is 0 Å². The van der Waals surface area contributed by atoms with Gasteiger partial charge in [-0.1, -0.05) is 23.7 Å². The first-order valence-electron chi connectivity index (χ1n) is 6.91. The molecule has 0 radical (unpaired) electrons. The third kappa shape index (κ3) is 4.47. The molecule has 22 heavy (non-hydrogen) atoms. The lowest BCUT2D eigenvalue weighted by Gasteiger charge is -2.23. The third-order valence-corrected chi connectivity index (χ3v) is 3.44. The predicted molar refractivity (Wildman–Crippen MR) is 88.1 cm³/mol. The Hall–Kier alpha value is -2.05. The number of hydrogen-bond acceptors (Lipinski definition) is 3.